The summed E-state index contributed by atoms with van der Waals surface area (Å²) in [5, 5.41) is 0. The summed E-state index contributed by atoms with van der Waals surface area (Å²) >= 11 is 0. The Labute approximate surface area is 166 Å². The highest BCUT2D eigenvalue weighted by Crippen LogP contribution is 2.41. The van der Waals surface area contributed by atoms with E-state index in [1.54, 1.807) is 6.07 Å². The highest BCUT2D eigenvalue weighted by atomic mass is 19.1. The summed E-state index contributed by atoms with van der Waals surface area (Å²) in [6.07, 6.45) is 15.4. The molecule has 2 aliphatic carbocycles. The zero-order valence-corrected chi connectivity index (χ0v) is 17.4. The molecule has 2 aliphatic rings. The molecule has 1 aromatic carbocycles. The van der Waals surface area contributed by atoms with Gasteiger partial charge in [-0.25, -0.2) is 4.39 Å². The molecule has 0 radical (unpaired) electrons. The molecular weight excluding hydrogens is 331 g/mol. The Bertz CT molecular complexity index is 634. The Kier molecular flexibility index (Phi) is 7.81. The molecule has 1 aromatic rings. The Morgan fingerprint density at radius 2 is 1.59 bits per heavy atom. The third-order valence-corrected chi connectivity index (χ3v) is 7.18. The first-order chi connectivity index (χ1) is 13.2. The summed E-state index contributed by atoms with van der Waals surface area (Å²) in [7, 11) is 0. The summed E-state index contributed by atoms with van der Waals surface area (Å²) in [4.78, 5) is 0. The molecule has 2 fully saturated rings. The van der Waals surface area contributed by atoms with Crippen molar-refractivity contribution in [2.24, 2.45) is 23.7 Å². The van der Waals surface area contributed by atoms with Crippen LogP contribution in [0.4, 0.5) is 4.39 Å². The molecule has 148 valence electrons. The Morgan fingerprint density at radius 1 is 0.926 bits per heavy atom. The lowest BCUT2D eigenvalue weighted by molar-refractivity contribution is 0.156. The van der Waals surface area contributed by atoms with E-state index in [9.17, 15) is 4.39 Å². The van der Waals surface area contributed by atoms with Gasteiger partial charge in [0.25, 0.3) is 0 Å². The number of benzene rings is 1. The topological polar surface area (TPSA) is 0 Å². The smallest absolute Gasteiger partial charge is 0.127 e. The fourth-order valence-electron chi connectivity index (χ4n) is 5.18. The van der Waals surface area contributed by atoms with Crippen LogP contribution < -0.4 is 0 Å². The molecule has 0 aromatic heterocycles. The minimum atomic E-state index is -0.0818. The number of hydrogen-bond donors (Lipinski definition) is 0. The Morgan fingerprint density at radius 3 is 2.19 bits per heavy atom. The van der Waals surface area contributed by atoms with Crippen molar-refractivity contribution in [1.82, 2.24) is 0 Å². The second-order valence-corrected chi connectivity index (χ2v) is 8.98. The molecule has 0 amide bonds. The lowest BCUT2D eigenvalue weighted by Crippen LogP contribution is -2.25. The largest absolute Gasteiger partial charge is 0.207 e. The van der Waals surface area contributed by atoms with Gasteiger partial charge in [0.15, 0.2) is 0 Å². The molecule has 27 heavy (non-hydrogen) atoms. The normalized spacial score (nSPS) is 28.4. The van der Waals surface area contributed by atoms with Gasteiger partial charge in [0.2, 0.25) is 0 Å². The van der Waals surface area contributed by atoms with Crippen molar-refractivity contribution in [2.45, 2.75) is 90.9 Å². The molecule has 0 saturated heterocycles. The van der Waals surface area contributed by atoms with Gasteiger partial charge in [-0.1, -0.05) is 57.4 Å². The van der Waals surface area contributed by atoms with Crippen molar-refractivity contribution in [3.63, 3.8) is 0 Å². The van der Waals surface area contributed by atoms with Gasteiger partial charge in [-0.2, -0.15) is 0 Å². The van der Waals surface area contributed by atoms with Gasteiger partial charge in [-0.05, 0) is 86.8 Å². The van der Waals surface area contributed by atoms with Crippen LogP contribution in [0, 0.1) is 41.3 Å². The highest BCUT2D eigenvalue weighted by molar-refractivity contribution is 5.37. The second kappa shape index (κ2) is 10.3. The van der Waals surface area contributed by atoms with Gasteiger partial charge in [-0.15, -0.1) is 0 Å². The van der Waals surface area contributed by atoms with Crippen LogP contribution in [0.25, 0.3) is 0 Å². The maximum Gasteiger partial charge on any atom is 0.127 e. The van der Waals surface area contributed by atoms with E-state index in [1.807, 2.05) is 12.1 Å². The zero-order chi connectivity index (χ0) is 19.1. The van der Waals surface area contributed by atoms with Crippen LogP contribution >= 0.6 is 0 Å². The van der Waals surface area contributed by atoms with Crippen LogP contribution in [0.5, 0.6) is 0 Å². The Balaban J connectivity index is 1.48. The molecule has 0 unspecified atom stereocenters. The average Bonchev–Trinajstić information content (AvgIpc) is 2.72. The minimum Gasteiger partial charge on any atom is -0.207 e. The van der Waals surface area contributed by atoms with Crippen molar-refractivity contribution in [3.05, 3.63) is 35.1 Å². The number of unbranched alkanes of at least 4 members (excludes halogenated alkanes) is 1. The predicted octanol–water partition coefficient (Wildman–Crippen LogP) is 7.54. The first kappa shape index (κ1) is 20.4. The lowest BCUT2D eigenvalue weighted by Gasteiger charge is -2.36. The van der Waals surface area contributed by atoms with Gasteiger partial charge < -0.3 is 0 Å². The third kappa shape index (κ3) is 5.84. The van der Waals surface area contributed by atoms with Crippen LogP contribution in [-0.4, -0.2) is 0 Å². The van der Waals surface area contributed by atoms with E-state index in [0.29, 0.717) is 5.92 Å². The lowest BCUT2D eigenvalue weighted by atomic mass is 9.69. The zero-order valence-electron chi connectivity index (χ0n) is 17.4. The standard InChI is InChI=1S/C26H37F/c1-3-5-6-25-18-13-22(19-26(25)27)8-7-21-11-16-24(17-12-21)23-14-9-20(4-2)10-15-23/h13,18-21,23-24H,3-6,9-12,14-17H2,1-2H3. The van der Waals surface area contributed by atoms with Crippen molar-refractivity contribution in [2.75, 3.05) is 0 Å². The van der Waals surface area contributed by atoms with Crippen molar-refractivity contribution < 1.29 is 4.39 Å². The maximum atomic E-state index is 14.2. The molecule has 0 N–H and O–H groups in total. The van der Waals surface area contributed by atoms with Crippen LogP contribution in [-0.2, 0) is 6.42 Å². The van der Waals surface area contributed by atoms with E-state index >= 15 is 0 Å². The van der Waals surface area contributed by atoms with Crippen molar-refractivity contribution >= 4 is 0 Å². The molecule has 0 heterocycles. The Hall–Kier alpha value is -1.29. The fraction of sp³-hybridized carbons (Fsp3) is 0.692. The molecular formula is C26H37F. The van der Waals surface area contributed by atoms with E-state index in [-0.39, 0.29) is 5.82 Å². The summed E-state index contributed by atoms with van der Waals surface area (Å²) in [5.41, 5.74) is 1.67. The van der Waals surface area contributed by atoms with E-state index in [4.69, 9.17) is 0 Å². The molecule has 0 aliphatic heterocycles. The van der Waals surface area contributed by atoms with E-state index in [0.717, 1.165) is 48.1 Å². The van der Waals surface area contributed by atoms with Gasteiger partial charge in [-0.3, -0.25) is 0 Å². The molecule has 0 nitrogen and oxygen atoms in total. The molecule has 0 bridgehead atoms. The maximum absolute atomic E-state index is 14.2. The number of halogens is 1. The van der Waals surface area contributed by atoms with Gasteiger partial charge in [0.05, 0.1) is 0 Å². The third-order valence-electron chi connectivity index (χ3n) is 7.18. The number of aryl methyl sites for hydroxylation is 1. The summed E-state index contributed by atoms with van der Waals surface area (Å²) in [5.74, 6) is 10.1. The van der Waals surface area contributed by atoms with Gasteiger partial charge >= 0.3 is 0 Å². The first-order valence-corrected chi connectivity index (χ1v) is 11.5. The van der Waals surface area contributed by atoms with Crippen LogP contribution in [0.1, 0.15) is 95.6 Å². The van der Waals surface area contributed by atoms with E-state index in [1.165, 1.54) is 57.8 Å². The predicted molar refractivity (Wildman–Crippen MR) is 113 cm³/mol. The van der Waals surface area contributed by atoms with Crippen molar-refractivity contribution in [1.29, 1.82) is 0 Å². The average molecular weight is 369 g/mol. The van der Waals surface area contributed by atoms with E-state index in [2.05, 4.69) is 25.7 Å². The van der Waals surface area contributed by atoms with Crippen molar-refractivity contribution in [3.8, 4) is 11.8 Å². The van der Waals surface area contributed by atoms with Crippen LogP contribution in [0.3, 0.4) is 0 Å². The molecule has 0 atom stereocenters. The number of rotatable bonds is 5. The molecule has 2 saturated carbocycles. The summed E-state index contributed by atoms with van der Waals surface area (Å²) in [6.45, 7) is 4.49. The summed E-state index contributed by atoms with van der Waals surface area (Å²) in [6, 6.07) is 5.56. The molecule has 3 rings (SSSR count). The SMILES string of the molecule is CCCCc1ccc(C#CC2CCC(C3CCC(CC)CC3)CC2)cc1F. The monoisotopic (exact) mass is 368 g/mol. The van der Waals surface area contributed by atoms with Gasteiger partial charge in [0, 0.05) is 11.5 Å². The number of hydrogen-bond acceptors (Lipinski definition) is 0. The van der Waals surface area contributed by atoms with E-state index < -0.39 is 0 Å². The second-order valence-electron chi connectivity index (χ2n) is 8.98. The quantitative estimate of drug-likeness (QED) is 0.471. The van der Waals surface area contributed by atoms with Gasteiger partial charge in [0.1, 0.15) is 5.82 Å². The molecule has 0 spiro atoms. The van der Waals surface area contributed by atoms with Crippen LogP contribution in [0.15, 0.2) is 18.2 Å². The highest BCUT2D eigenvalue weighted by Gasteiger charge is 2.29. The first-order valence-electron chi connectivity index (χ1n) is 11.5. The minimum absolute atomic E-state index is 0.0818. The fourth-order valence-corrected chi connectivity index (χ4v) is 5.18. The summed E-state index contributed by atoms with van der Waals surface area (Å²) < 4.78 is 14.2. The van der Waals surface area contributed by atoms with Crippen LogP contribution in [0.2, 0.25) is 0 Å². The molecule has 1 heteroatoms.